The lowest BCUT2D eigenvalue weighted by molar-refractivity contribution is -0.161. The molecule has 17 nitrogen and oxygen atoms in total. The summed E-state index contributed by atoms with van der Waals surface area (Å²) in [5.74, 6) is -0.535. The predicted molar refractivity (Wildman–Crippen MR) is 442 cm³/mol. The van der Waals surface area contributed by atoms with Crippen molar-refractivity contribution in [3.63, 3.8) is 0 Å². The number of rotatable bonds is 87. The molecule has 0 aromatic heterocycles. The standard InChI is InChI=1S/C88H172O17P2/c1-7-9-11-13-15-17-19-21-22-23-24-25-26-27-28-33-37-41-48-54-60-66-72-87(92)104-83(76-99-86(91)71-65-59-53-47-40-36-32-30-29-31-35-38-44-50-56-62-68-80(3)4)78-102-106(94,95)100-74-82(89)75-101-107(96,97)103-79-84(105-88(93)73-67-61-55-49-43-42-45-51-57-63-69-81(5)6)77-98-85(90)70-64-58-52-46-39-34-20-18-16-14-12-10-8-2/h80-84,89H,7-79H2,1-6H3,(H,94,95)(H,96,97)/t82-,83-,84-/m1/s1. The second-order valence-electron chi connectivity index (χ2n) is 32.6. The van der Waals surface area contributed by atoms with Crippen molar-refractivity contribution in [1.29, 1.82) is 0 Å². The lowest BCUT2D eigenvalue weighted by Crippen LogP contribution is -2.30. The van der Waals surface area contributed by atoms with Gasteiger partial charge in [-0.1, -0.05) is 420 Å². The maximum absolute atomic E-state index is 13.2. The van der Waals surface area contributed by atoms with Crippen LogP contribution in [0.2, 0.25) is 0 Å². The van der Waals surface area contributed by atoms with Gasteiger partial charge in [-0.3, -0.25) is 37.3 Å². The summed E-state index contributed by atoms with van der Waals surface area (Å²) in [6.07, 6.45) is 72.3. The van der Waals surface area contributed by atoms with Gasteiger partial charge in [0.1, 0.15) is 19.3 Å². The van der Waals surface area contributed by atoms with Gasteiger partial charge in [0.05, 0.1) is 26.4 Å². The van der Waals surface area contributed by atoms with Gasteiger partial charge in [0, 0.05) is 25.7 Å². The number of phosphoric ester groups is 2. The molecule has 0 aromatic carbocycles. The molecule has 0 spiro atoms. The topological polar surface area (TPSA) is 237 Å². The smallest absolute Gasteiger partial charge is 0.462 e. The molecule has 0 fully saturated rings. The molecule has 0 radical (unpaired) electrons. The monoisotopic (exact) mass is 1560 g/mol. The first-order chi connectivity index (χ1) is 51.9. The van der Waals surface area contributed by atoms with Crippen molar-refractivity contribution in [2.24, 2.45) is 11.8 Å². The largest absolute Gasteiger partial charge is 0.472 e. The van der Waals surface area contributed by atoms with Crippen molar-refractivity contribution in [3.8, 4) is 0 Å². The van der Waals surface area contributed by atoms with Gasteiger partial charge in [-0.05, 0) is 37.5 Å². The fraction of sp³-hybridized carbons (Fsp3) is 0.955. The Morgan fingerprint density at radius 2 is 0.430 bits per heavy atom. The Bertz CT molecular complexity index is 2050. The normalized spacial score (nSPS) is 13.8. The van der Waals surface area contributed by atoms with Crippen LogP contribution in [0.5, 0.6) is 0 Å². The summed E-state index contributed by atoms with van der Waals surface area (Å²) in [4.78, 5) is 73.3. The minimum absolute atomic E-state index is 0.107. The first-order valence-corrected chi connectivity index (χ1v) is 48.5. The zero-order valence-electron chi connectivity index (χ0n) is 70.5. The fourth-order valence-electron chi connectivity index (χ4n) is 13.8. The Morgan fingerprint density at radius 3 is 0.636 bits per heavy atom. The average Bonchev–Trinajstić information content (AvgIpc) is 0.905. The van der Waals surface area contributed by atoms with Crippen molar-refractivity contribution in [3.05, 3.63) is 0 Å². The summed E-state index contributed by atoms with van der Waals surface area (Å²) >= 11 is 0. The SMILES string of the molecule is CCCCCCCCCCCCCCCCCCCCCCCCC(=O)O[C@H](COC(=O)CCCCCCCCCCCCCCCCCCC(C)C)COP(=O)(O)OC[C@@H](O)COP(=O)(O)OC[C@@H](COC(=O)CCCCCCCCCCCCCCC)OC(=O)CCCCCCCCCCCCC(C)C. The molecule has 5 atom stereocenters. The highest BCUT2D eigenvalue weighted by atomic mass is 31.2. The third-order valence-electron chi connectivity index (χ3n) is 20.7. The second-order valence-corrected chi connectivity index (χ2v) is 35.5. The van der Waals surface area contributed by atoms with E-state index in [1.54, 1.807) is 0 Å². The maximum Gasteiger partial charge on any atom is 0.472 e. The Labute approximate surface area is 658 Å². The molecule has 0 aliphatic carbocycles. The van der Waals surface area contributed by atoms with Gasteiger partial charge in [-0.25, -0.2) is 9.13 Å². The molecule has 3 N–H and O–H groups in total. The number of ether oxygens (including phenoxy) is 4. The van der Waals surface area contributed by atoms with Gasteiger partial charge in [0.15, 0.2) is 12.2 Å². The highest BCUT2D eigenvalue weighted by Gasteiger charge is 2.30. The molecule has 0 saturated heterocycles. The quantitative estimate of drug-likeness (QED) is 0.0222. The molecule has 636 valence electrons. The van der Waals surface area contributed by atoms with Crippen LogP contribution in [0, 0.1) is 11.8 Å². The molecule has 0 aliphatic rings. The van der Waals surface area contributed by atoms with Crippen LogP contribution >= 0.6 is 15.6 Å². The molecule has 0 heterocycles. The van der Waals surface area contributed by atoms with Crippen LogP contribution in [0.4, 0.5) is 0 Å². The van der Waals surface area contributed by atoms with E-state index in [1.807, 2.05) is 0 Å². The molecule has 0 aromatic rings. The fourth-order valence-corrected chi connectivity index (χ4v) is 15.4. The summed E-state index contributed by atoms with van der Waals surface area (Å²) in [5.41, 5.74) is 0. The number of hydrogen-bond acceptors (Lipinski definition) is 15. The number of aliphatic hydroxyl groups is 1. The first-order valence-electron chi connectivity index (χ1n) is 45.5. The Balaban J connectivity index is 5.23. The van der Waals surface area contributed by atoms with Crippen LogP contribution < -0.4 is 0 Å². The van der Waals surface area contributed by atoms with Crippen LogP contribution in [0.15, 0.2) is 0 Å². The van der Waals surface area contributed by atoms with Crippen LogP contribution in [-0.4, -0.2) is 96.7 Å². The second kappa shape index (κ2) is 79.3. The molecular weight excluding hydrogens is 1390 g/mol. The molecule has 0 rings (SSSR count). The van der Waals surface area contributed by atoms with Gasteiger partial charge in [-0.2, -0.15) is 0 Å². The van der Waals surface area contributed by atoms with E-state index in [-0.39, 0.29) is 25.7 Å². The third kappa shape index (κ3) is 81.9. The van der Waals surface area contributed by atoms with Gasteiger partial charge in [0.2, 0.25) is 0 Å². The Hall–Kier alpha value is -1.94. The predicted octanol–water partition coefficient (Wildman–Crippen LogP) is 27.0. The number of hydrogen-bond donors (Lipinski definition) is 3. The zero-order valence-corrected chi connectivity index (χ0v) is 72.2. The van der Waals surface area contributed by atoms with E-state index in [1.165, 1.54) is 289 Å². The number of esters is 4. The summed E-state index contributed by atoms with van der Waals surface area (Å²) in [6, 6.07) is 0. The first kappa shape index (κ1) is 105. The van der Waals surface area contributed by atoms with E-state index >= 15 is 0 Å². The van der Waals surface area contributed by atoms with Gasteiger partial charge in [0.25, 0.3) is 0 Å². The molecule has 0 aliphatic heterocycles. The number of carbonyl (C=O) groups is 4. The van der Waals surface area contributed by atoms with E-state index in [9.17, 15) is 43.2 Å². The van der Waals surface area contributed by atoms with Crippen molar-refractivity contribution in [2.45, 2.75) is 490 Å². The summed E-state index contributed by atoms with van der Waals surface area (Å²) < 4.78 is 69.0. The highest BCUT2D eigenvalue weighted by Crippen LogP contribution is 2.45. The minimum Gasteiger partial charge on any atom is -0.462 e. The van der Waals surface area contributed by atoms with E-state index in [2.05, 4.69) is 41.5 Å². The van der Waals surface area contributed by atoms with Crippen molar-refractivity contribution >= 4 is 39.5 Å². The van der Waals surface area contributed by atoms with Gasteiger partial charge in [-0.15, -0.1) is 0 Å². The van der Waals surface area contributed by atoms with Crippen LogP contribution in [0.25, 0.3) is 0 Å². The summed E-state index contributed by atoms with van der Waals surface area (Å²) in [5, 5.41) is 10.7. The van der Waals surface area contributed by atoms with Crippen molar-refractivity contribution in [1.82, 2.24) is 0 Å². The molecule has 107 heavy (non-hydrogen) atoms. The number of aliphatic hydroxyl groups excluding tert-OH is 1. The molecular formula is C88H172O17P2. The number of phosphoric acid groups is 2. The molecule has 19 heteroatoms. The molecule has 0 amide bonds. The van der Waals surface area contributed by atoms with E-state index < -0.39 is 97.5 Å². The molecule has 0 bridgehead atoms. The van der Waals surface area contributed by atoms with Gasteiger partial charge >= 0.3 is 39.5 Å². The lowest BCUT2D eigenvalue weighted by atomic mass is 10.0. The Morgan fingerprint density at radius 1 is 0.252 bits per heavy atom. The molecule has 2 unspecified atom stereocenters. The number of carbonyl (C=O) groups excluding carboxylic acids is 4. The van der Waals surface area contributed by atoms with Crippen LogP contribution in [0.3, 0.4) is 0 Å². The minimum atomic E-state index is -4.97. The summed E-state index contributed by atoms with van der Waals surface area (Å²) in [7, 11) is -9.93. The van der Waals surface area contributed by atoms with Crippen LogP contribution in [0.1, 0.15) is 472 Å². The van der Waals surface area contributed by atoms with Crippen molar-refractivity contribution < 1.29 is 80.2 Å². The number of unbranched alkanes of at least 4 members (excludes halogenated alkanes) is 57. The van der Waals surface area contributed by atoms with Crippen LogP contribution in [-0.2, 0) is 65.4 Å². The lowest BCUT2D eigenvalue weighted by Gasteiger charge is -2.21. The third-order valence-corrected chi connectivity index (χ3v) is 22.6. The van der Waals surface area contributed by atoms with E-state index in [0.29, 0.717) is 25.7 Å². The highest BCUT2D eigenvalue weighted by molar-refractivity contribution is 7.47. The zero-order chi connectivity index (χ0) is 78.5. The summed E-state index contributed by atoms with van der Waals surface area (Å²) in [6.45, 7) is 9.70. The van der Waals surface area contributed by atoms with Gasteiger partial charge < -0.3 is 33.8 Å². The molecule has 0 saturated carbocycles. The van der Waals surface area contributed by atoms with Crippen molar-refractivity contribution in [2.75, 3.05) is 39.6 Å². The Kier molecular flexibility index (Phi) is 77.9. The maximum atomic E-state index is 13.2. The average molecular weight is 1560 g/mol. The van der Waals surface area contributed by atoms with E-state index in [4.69, 9.17) is 37.0 Å². The van der Waals surface area contributed by atoms with E-state index in [0.717, 1.165) is 102 Å².